The molecule has 7 heteroatoms. The zero-order valence-electron chi connectivity index (χ0n) is 17.9. The molecule has 148 valence electrons. The van der Waals surface area contributed by atoms with Crippen LogP contribution in [-0.4, -0.2) is 58.0 Å². The molecule has 2 atom stereocenters. The molecule has 1 amide bonds. The monoisotopic (exact) mass is 389 g/mol. The highest BCUT2D eigenvalue weighted by Crippen LogP contribution is 2.41. The zero-order chi connectivity index (χ0) is 19.8. The molecule has 0 saturated carbocycles. The van der Waals surface area contributed by atoms with Gasteiger partial charge in [0.1, 0.15) is 0 Å². The molecule has 0 aromatic rings. The third-order valence-corrected chi connectivity index (χ3v) is 15.3. The standard InChI is InChI=1S/C18H39NO4Si2/c1-17(2,3)24(7,8)22-14-11-12-19(16(20)21)13-15(14)23-25(9,10)18(4,5)6/h14-15H,11-13H2,1-10H3,(H,20,21)/t14-,15-/m1/s1. The van der Waals surface area contributed by atoms with Gasteiger partial charge in [0, 0.05) is 6.54 Å². The Labute approximate surface area is 156 Å². The number of amides is 1. The molecule has 1 aliphatic heterocycles. The third kappa shape index (κ3) is 5.55. The Morgan fingerprint density at radius 1 is 0.920 bits per heavy atom. The maximum absolute atomic E-state index is 11.5. The molecular formula is C18H39NO4Si2. The molecule has 0 spiro atoms. The molecule has 0 aromatic heterocycles. The van der Waals surface area contributed by atoms with Gasteiger partial charge in [-0.3, -0.25) is 0 Å². The molecule has 0 aliphatic carbocycles. The van der Waals surface area contributed by atoms with Crippen LogP contribution in [0.15, 0.2) is 0 Å². The Hall–Kier alpha value is -0.376. The summed E-state index contributed by atoms with van der Waals surface area (Å²) in [6.45, 7) is 23.2. The van der Waals surface area contributed by atoms with Crippen LogP contribution in [0.4, 0.5) is 4.79 Å². The number of likely N-dealkylation sites (tertiary alicyclic amines) is 1. The number of rotatable bonds is 4. The van der Waals surface area contributed by atoms with Crippen LogP contribution in [0.25, 0.3) is 0 Å². The molecule has 25 heavy (non-hydrogen) atoms. The van der Waals surface area contributed by atoms with E-state index in [0.717, 1.165) is 0 Å². The fourth-order valence-corrected chi connectivity index (χ4v) is 5.14. The number of carbonyl (C=O) groups is 1. The van der Waals surface area contributed by atoms with E-state index in [4.69, 9.17) is 8.85 Å². The molecule has 1 aliphatic rings. The van der Waals surface area contributed by atoms with Gasteiger partial charge in [-0.15, -0.1) is 0 Å². The van der Waals surface area contributed by atoms with Gasteiger partial charge in [-0.2, -0.15) is 0 Å². The van der Waals surface area contributed by atoms with E-state index >= 15 is 0 Å². The van der Waals surface area contributed by atoms with Gasteiger partial charge < -0.3 is 18.9 Å². The van der Waals surface area contributed by atoms with E-state index < -0.39 is 22.7 Å². The van der Waals surface area contributed by atoms with Crippen molar-refractivity contribution in [1.29, 1.82) is 0 Å². The first-order valence-electron chi connectivity index (χ1n) is 9.31. The maximum Gasteiger partial charge on any atom is 0.407 e. The van der Waals surface area contributed by atoms with Gasteiger partial charge in [0.2, 0.25) is 0 Å². The molecule has 1 rings (SSSR count). The van der Waals surface area contributed by atoms with E-state index in [9.17, 15) is 9.90 Å². The minimum atomic E-state index is -2.00. The van der Waals surface area contributed by atoms with Crippen molar-refractivity contribution in [2.45, 2.75) is 96.4 Å². The highest BCUT2D eigenvalue weighted by Gasteiger charge is 2.46. The summed E-state index contributed by atoms with van der Waals surface area (Å²) in [6.07, 6.45) is -0.363. The predicted molar refractivity (Wildman–Crippen MR) is 108 cm³/mol. The van der Waals surface area contributed by atoms with Crippen LogP contribution in [0, 0.1) is 0 Å². The van der Waals surface area contributed by atoms with Gasteiger partial charge in [0.05, 0.1) is 18.8 Å². The first-order chi connectivity index (χ1) is 11.0. The van der Waals surface area contributed by atoms with Crippen molar-refractivity contribution in [3.63, 3.8) is 0 Å². The molecule has 5 nitrogen and oxygen atoms in total. The summed E-state index contributed by atoms with van der Waals surface area (Å²) in [6, 6.07) is 0. The number of carboxylic acid groups (broad SMARTS) is 1. The summed E-state index contributed by atoms with van der Waals surface area (Å²) in [5.41, 5.74) is 0. The van der Waals surface area contributed by atoms with E-state index in [1.54, 1.807) is 0 Å². The molecule has 0 bridgehead atoms. The minimum Gasteiger partial charge on any atom is -0.465 e. The summed E-state index contributed by atoms with van der Waals surface area (Å²) < 4.78 is 13.3. The Balaban J connectivity index is 3.03. The predicted octanol–water partition coefficient (Wildman–Crippen LogP) is 5.15. The van der Waals surface area contributed by atoms with E-state index in [1.807, 2.05) is 0 Å². The Kier molecular flexibility index (Phi) is 6.64. The number of hydrogen-bond donors (Lipinski definition) is 1. The SMILES string of the molecule is CC(C)(C)[Si](C)(C)O[C@@H]1CCN(C(=O)O)C[C@H]1O[Si](C)(C)C(C)(C)C. The molecule has 0 radical (unpaired) electrons. The van der Waals surface area contributed by atoms with Crippen LogP contribution in [0.2, 0.25) is 36.3 Å². The van der Waals surface area contributed by atoms with Crippen molar-refractivity contribution in [3.05, 3.63) is 0 Å². The highest BCUT2D eigenvalue weighted by molar-refractivity contribution is 6.74. The van der Waals surface area contributed by atoms with Gasteiger partial charge in [-0.05, 0) is 42.7 Å². The van der Waals surface area contributed by atoms with E-state index in [-0.39, 0.29) is 22.3 Å². The summed E-state index contributed by atoms with van der Waals surface area (Å²) in [5, 5.41) is 9.62. The second-order valence-corrected chi connectivity index (χ2v) is 19.9. The lowest BCUT2D eigenvalue weighted by molar-refractivity contribution is -0.0193. The Morgan fingerprint density at radius 3 is 1.68 bits per heavy atom. The van der Waals surface area contributed by atoms with E-state index in [2.05, 4.69) is 67.7 Å². The Bertz CT molecular complexity index is 480. The van der Waals surface area contributed by atoms with E-state index in [1.165, 1.54) is 4.90 Å². The Morgan fingerprint density at radius 2 is 1.32 bits per heavy atom. The van der Waals surface area contributed by atoms with Crippen molar-refractivity contribution in [1.82, 2.24) is 4.90 Å². The first-order valence-corrected chi connectivity index (χ1v) is 15.1. The normalized spacial score (nSPS) is 23.7. The third-order valence-electron chi connectivity index (χ3n) is 6.27. The largest absolute Gasteiger partial charge is 0.465 e. The van der Waals surface area contributed by atoms with Gasteiger partial charge in [0.15, 0.2) is 16.6 Å². The second kappa shape index (κ2) is 7.33. The van der Waals surface area contributed by atoms with Gasteiger partial charge in [-0.1, -0.05) is 41.5 Å². The minimum absolute atomic E-state index is 0.0226. The number of nitrogens with zero attached hydrogens (tertiary/aromatic N) is 1. The quantitative estimate of drug-likeness (QED) is 0.675. The highest BCUT2D eigenvalue weighted by atomic mass is 28.4. The molecule has 1 fully saturated rings. The van der Waals surface area contributed by atoms with Crippen LogP contribution >= 0.6 is 0 Å². The first kappa shape index (κ1) is 22.7. The summed E-state index contributed by atoms with van der Waals surface area (Å²) >= 11 is 0. The van der Waals surface area contributed by atoms with Crippen molar-refractivity contribution >= 4 is 22.7 Å². The van der Waals surface area contributed by atoms with Crippen molar-refractivity contribution in [2.24, 2.45) is 0 Å². The summed E-state index contributed by atoms with van der Waals surface area (Å²) in [7, 11) is -3.94. The smallest absolute Gasteiger partial charge is 0.407 e. The van der Waals surface area contributed by atoms with Gasteiger partial charge >= 0.3 is 6.09 Å². The van der Waals surface area contributed by atoms with Crippen molar-refractivity contribution < 1.29 is 18.8 Å². The van der Waals surface area contributed by atoms with Crippen molar-refractivity contribution in [2.75, 3.05) is 13.1 Å². The fraction of sp³-hybridized carbons (Fsp3) is 0.944. The topological polar surface area (TPSA) is 59.0 Å². The van der Waals surface area contributed by atoms with Crippen LogP contribution in [0.3, 0.4) is 0 Å². The van der Waals surface area contributed by atoms with Crippen molar-refractivity contribution in [3.8, 4) is 0 Å². The number of piperidine rings is 1. The summed E-state index contributed by atoms with van der Waals surface area (Å²) in [5.74, 6) is 0. The molecule has 0 unspecified atom stereocenters. The van der Waals surface area contributed by atoms with Crippen LogP contribution in [0.1, 0.15) is 48.0 Å². The average molecular weight is 390 g/mol. The lowest BCUT2D eigenvalue weighted by atomic mass is 10.1. The maximum atomic E-state index is 11.5. The molecule has 1 N–H and O–H groups in total. The van der Waals surface area contributed by atoms with E-state index in [0.29, 0.717) is 19.5 Å². The summed E-state index contributed by atoms with van der Waals surface area (Å²) in [4.78, 5) is 12.9. The molecular weight excluding hydrogens is 350 g/mol. The van der Waals surface area contributed by atoms with Gasteiger partial charge in [0.25, 0.3) is 0 Å². The molecule has 1 saturated heterocycles. The lowest BCUT2D eigenvalue weighted by Crippen LogP contribution is -2.58. The molecule has 0 aromatic carbocycles. The lowest BCUT2D eigenvalue weighted by Gasteiger charge is -2.48. The fourth-order valence-electron chi connectivity index (χ4n) is 2.43. The molecule has 1 heterocycles. The van der Waals surface area contributed by atoms with Crippen LogP contribution in [-0.2, 0) is 8.85 Å². The van der Waals surface area contributed by atoms with Crippen LogP contribution in [0.5, 0.6) is 0 Å². The average Bonchev–Trinajstić information content (AvgIpc) is 2.37. The number of hydrogen-bond acceptors (Lipinski definition) is 3. The van der Waals surface area contributed by atoms with Gasteiger partial charge in [-0.25, -0.2) is 4.79 Å². The zero-order valence-corrected chi connectivity index (χ0v) is 19.9. The second-order valence-electron chi connectivity index (χ2n) is 10.4. The van der Waals surface area contributed by atoms with Crippen LogP contribution < -0.4 is 0 Å².